The smallest absolute Gasteiger partial charge is 0.308 e. The summed E-state index contributed by atoms with van der Waals surface area (Å²) in [5.41, 5.74) is 3.03. The number of nitrogens with one attached hydrogen (secondary N) is 2. The third kappa shape index (κ3) is 6.56. The normalized spacial score (nSPS) is 13.3. The van der Waals surface area contributed by atoms with Crippen molar-refractivity contribution in [1.82, 2.24) is 5.32 Å². The maximum atomic E-state index is 12.4. The van der Waals surface area contributed by atoms with E-state index < -0.39 is 5.97 Å². The highest BCUT2D eigenvalue weighted by Gasteiger charge is 2.09. The zero-order valence-electron chi connectivity index (χ0n) is 16.8. The van der Waals surface area contributed by atoms with Crippen LogP contribution in [0, 0.1) is 0 Å². The van der Waals surface area contributed by atoms with Crippen LogP contribution >= 0.6 is 0 Å². The third-order valence-corrected chi connectivity index (χ3v) is 4.51. The molecule has 1 aliphatic heterocycles. The molecule has 2 aromatic rings. The fourth-order valence-corrected chi connectivity index (χ4v) is 2.98. The van der Waals surface area contributed by atoms with Gasteiger partial charge in [0.25, 0.3) is 5.91 Å². The molecule has 7 heteroatoms. The van der Waals surface area contributed by atoms with Gasteiger partial charge in [-0.25, -0.2) is 0 Å². The zero-order chi connectivity index (χ0) is 21.3. The highest BCUT2D eigenvalue weighted by atomic mass is 16.5. The Bertz CT molecular complexity index is 942. The van der Waals surface area contributed by atoms with Gasteiger partial charge in [-0.2, -0.15) is 0 Å². The molecule has 3 rings (SSSR count). The molecule has 0 atom stereocenters. The van der Waals surface area contributed by atoms with E-state index in [1.807, 2.05) is 12.1 Å². The van der Waals surface area contributed by atoms with Gasteiger partial charge >= 0.3 is 5.97 Å². The Labute approximate surface area is 175 Å². The van der Waals surface area contributed by atoms with Gasteiger partial charge in [-0.05, 0) is 48.7 Å². The summed E-state index contributed by atoms with van der Waals surface area (Å²) in [6.45, 7) is 3.04. The summed E-state index contributed by atoms with van der Waals surface area (Å²) in [7, 11) is 0. The standard InChI is InChI=1S/C23H24N2O5/c1-16(26)30-21-4-2-3-19(14-21)23(28)25-20-7-5-18(6-8-20)15-24-22(27)13-17-9-11-29-12-10-17/h2-8,13-14H,9-12,15H2,1H3,(H,24,27)(H,25,28). The van der Waals surface area contributed by atoms with Crippen molar-refractivity contribution in [2.24, 2.45) is 0 Å². The van der Waals surface area contributed by atoms with E-state index in [0.717, 1.165) is 24.0 Å². The average molecular weight is 408 g/mol. The molecule has 1 aliphatic rings. The van der Waals surface area contributed by atoms with E-state index in [1.54, 1.807) is 36.4 Å². The van der Waals surface area contributed by atoms with E-state index in [-0.39, 0.29) is 11.8 Å². The Kier molecular flexibility index (Phi) is 7.34. The van der Waals surface area contributed by atoms with Crippen molar-refractivity contribution in [1.29, 1.82) is 0 Å². The van der Waals surface area contributed by atoms with Gasteiger partial charge in [0.2, 0.25) is 5.91 Å². The topological polar surface area (TPSA) is 93.7 Å². The average Bonchev–Trinajstić information content (AvgIpc) is 2.74. The van der Waals surface area contributed by atoms with Crippen LogP contribution in [0.4, 0.5) is 5.69 Å². The van der Waals surface area contributed by atoms with Gasteiger partial charge in [0.1, 0.15) is 5.75 Å². The van der Waals surface area contributed by atoms with Crippen molar-refractivity contribution < 1.29 is 23.9 Å². The number of carbonyl (C=O) groups excluding carboxylic acids is 3. The highest BCUT2D eigenvalue weighted by molar-refractivity contribution is 6.04. The molecule has 156 valence electrons. The summed E-state index contributed by atoms with van der Waals surface area (Å²) >= 11 is 0. The zero-order valence-corrected chi connectivity index (χ0v) is 16.8. The lowest BCUT2D eigenvalue weighted by Crippen LogP contribution is -2.21. The number of rotatable bonds is 6. The van der Waals surface area contributed by atoms with E-state index >= 15 is 0 Å². The van der Waals surface area contributed by atoms with Gasteiger partial charge in [0.05, 0.1) is 13.2 Å². The molecule has 0 spiro atoms. The first-order valence-corrected chi connectivity index (χ1v) is 9.73. The van der Waals surface area contributed by atoms with Crippen LogP contribution in [0.5, 0.6) is 5.75 Å². The second-order valence-corrected chi connectivity index (χ2v) is 6.91. The largest absolute Gasteiger partial charge is 0.427 e. The van der Waals surface area contributed by atoms with Gasteiger partial charge < -0.3 is 20.1 Å². The van der Waals surface area contributed by atoms with Gasteiger partial charge in [0, 0.05) is 30.8 Å². The summed E-state index contributed by atoms with van der Waals surface area (Å²) < 4.78 is 10.3. The molecule has 0 saturated carbocycles. The minimum Gasteiger partial charge on any atom is -0.427 e. The summed E-state index contributed by atoms with van der Waals surface area (Å²) in [6, 6.07) is 13.6. The van der Waals surface area contributed by atoms with Crippen molar-refractivity contribution >= 4 is 23.5 Å². The van der Waals surface area contributed by atoms with Gasteiger partial charge in [-0.15, -0.1) is 0 Å². The maximum absolute atomic E-state index is 12.4. The van der Waals surface area contributed by atoms with Crippen LogP contribution in [-0.4, -0.2) is 31.0 Å². The molecule has 0 aliphatic carbocycles. The molecule has 1 fully saturated rings. The number of hydrogen-bond acceptors (Lipinski definition) is 5. The first kappa shape index (κ1) is 21.3. The molecular weight excluding hydrogens is 384 g/mol. The van der Waals surface area contributed by atoms with E-state index in [2.05, 4.69) is 10.6 Å². The van der Waals surface area contributed by atoms with E-state index in [0.29, 0.717) is 36.8 Å². The van der Waals surface area contributed by atoms with Crippen LogP contribution in [0.2, 0.25) is 0 Å². The Morgan fingerprint density at radius 2 is 1.80 bits per heavy atom. The molecule has 2 amide bonds. The number of ether oxygens (including phenoxy) is 2. The number of amides is 2. The molecule has 1 saturated heterocycles. The molecule has 30 heavy (non-hydrogen) atoms. The van der Waals surface area contributed by atoms with Crippen molar-refractivity contribution in [2.75, 3.05) is 18.5 Å². The van der Waals surface area contributed by atoms with E-state index in [1.165, 1.54) is 13.0 Å². The van der Waals surface area contributed by atoms with E-state index in [9.17, 15) is 14.4 Å². The summed E-state index contributed by atoms with van der Waals surface area (Å²) in [4.78, 5) is 35.5. The van der Waals surface area contributed by atoms with Gasteiger partial charge in [0.15, 0.2) is 0 Å². The van der Waals surface area contributed by atoms with Crippen LogP contribution in [-0.2, 0) is 20.9 Å². The predicted molar refractivity (Wildman–Crippen MR) is 112 cm³/mol. The number of carbonyl (C=O) groups is 3. The first-order chi connectivity index (χ1) is 14.5. The third-order valence-electron chi connectivity index (χ3n) is 4.51. The van der Waals surface area contributed by atoms with Gasteiger partial charge in [-0.3, -0.25) is 14.4 Å². The molecular formula is C23H24N2O5. The Hall–Kier alpha value is -3.45. The number of benzene rings is 2. The molecule has 1 heterocycles. The lowest BCUT2D eigenvalue weighted by molar-refractivity contribution is -0.131. The Balaban J connectivity index is 1.52. The fraction of sp³-hybridized carbons (Fsp3) is 0.261. The molecule has 2 aromatic carbocycles. The molecule has 7 nitrogen and oxygen atoms in total. The molecule has 2 N–H and O–H groups in total. The summed E-state index contributed by atoms with van der Waals surface area (Å²) in [5.74, 6) is -0.554. The Morgan fingerprint density at radius 1 is 1.07 bits per heavy atom. The van der Waals surface area contributed by atoms with Crippen LogP contribution in [0.3, 0.4) is 0 Å². The van der Waals surface area contributed by atoms with Crippen LogP contribution < -0.4 is 15.4 Å². The highest BCUT2D eigenvalue weighted by Crippen LogP contribution is 2.16. The lowest BCUT2D eigenvalue weighted by atomic mass is 10.1. The molecule has 0 bridgehead atoms. The quantitative estimate of drug-likeness (QED) is 0.435. The monoisotopic (exact) mass is 408 g/mol. The SMILES string of the molecule is CC(=O)Oc1cccc(C(=O)Nc2ccc(CNC(=O)C=C3CCOCC3)cc2)c1. The number of anilines is 1. The van der Waals surface area contributed by atoms with Gasteiger partial charge in [-0.1, -0.05) is 23.8 Å². The predicted octanol–water partition coefficient (Wildman–Crippen LogP) is 3.22. The minimum atomic E-state index is -0.445. The molecule has 0 aromatic heterocycles. The van der Waals surface area contributed by atoms with Crippen LogP contribution in [0.25, 0.3) is 0 Å². The van der Waals surface area contributed by atoms with Crippen LogP contribution in [0.1, 0.15) is 35.7 Å². The van der Waals surface area contributed by atoms with Crippen molar-refractivity contribution in [3.63, 3.8) is 0 Å². The second-order valence-electron chi connectivity index (χ2n) is 6.91. The van der Waals surface area contributed by atoms with Crippen LogP contribution in [0.15, 0.2) is 60.2 Å². The summed E-state index contributed by atoms with van der Waals surface area (Å²) in [5, 5.41) is 5.67. The van der Waals surface area contributed by atoms with Crippen molar-refractivity contribution in [2.45, 2.75) is 26.3 Å². The fourth-order valence-electron chi connectivity index (χ4n) is 2.98. The second kappa shape index (κ2) is 10.4. The summed E-state index contributed by atoms with van der Waals surface area (Å²) in [6.07, 6.45) is 3.25. The molecule has 0 radical (unpaired) electrons. The lowest BCUT2D eigenvalue weighted by Gasteiger charge is -2.14. The molecule has 0 unspecified atom stereocenters. The number of esters is 1. The van der Waals surface area contributed by atoms with Crippen molar-refractivity contribution in [3.8, 4) is 5.75 Å². The number of hydrogen-bond donors (Lipinski definition) is 2. The maximum Gasteiger partial charge on any atom is 0.308 e. The van der Waals surface area contributed by atoms with Crippen molar-refractivity contribution in [3.05, 3.63) is 71.3 Å². The Morgan fingerprint density at radius 3 is 2.50 bits per heavy atom. The minimum absolute atomic E-state index is 0.114. The first-order valence-electron chi connectivity index (χ1n) is 9.73. The van der Waals surface area contributed by atoms with E-state index in [4.69, 9.17) is 9.47 Å².